The van der Waals surface area contributed by atoms with E-state index in [2.05, 4.69) is 4.98 Å². The van der Waals surface area contributed by atoms with Gasteiger partial charge in [-0.05, 0) is 36.6 Å². The Balaban J connectivity index is 1.49. The number of pyridine rings is 1. The molecule has 1 N–H and O–H groups in total. The average molecular weight is 407 g/mol. The van der Waals surface area contributed by atoms with Crippen LogP contribution in [0.1, 0.15) is 34.8 Å². The van der Waals surface area contributed by atoms with Gasteiger partial charge in [0, 0.05) is 43.5 Å². The minimum absolute atomic E-state index is 0.0303. The standard InChI is InChI=1S/C23H25N3O4/c27-14-20-21-16-5-1-2-7-18(16)25(23(29)17-6-3-4-10-24-17)13-19(21)26(20)22(28)15-8-11-30-12-9-15/h1-7,10,15,19-21,27H,8-9,11-14H2/t19-,20+,21+/m0/s1. The fraction of sp³-hybridized carbons (Fsp3) is 0.435. The molecule has 3 aliphatic rings. The van der Waals surface area contributed by atoms with Crippen molar-refractivity contribution in [3.63, 3.8) is 0 Å². The minimum Gasteiger partial charge on any atom is -0.394 e. The molecule has 2 saturated heterocycles. The number of rotatable bonds is 3. The number of anilines is 1. The molecule has 156 valence electrons. The second-order valence-electron chi connectivity index (χ2n) is 8.16. The van der Waals surface area contributed by atoms with Gasteiger partial charge in [0.2, 0.25) is 5.91 Å². The maximum atomic E-state index is 13.3. The third-order valence-electron chi connectivity index (χ3n) is 6.64. The number of fused-ring (bicyclic) bond motifs is 3. The Morgan fingerprint density at radius 1 is 1.10 bits per heavy atom. The molecule has 0 spiro atoms. The van der Waals surface area contributed by atoms with Crippen LogP contribution in [0.5, 0.6) is 0 Å². The van der Waals surface area contributed by atoms with Gasteiger partial charge in [-0.3, -0.25) is 14.6 Å². The smallest absolute Gasteiger partial charge is 0.276 e. The normalized spacial score (nSPS) is 25.8. The summed E-state index contributed by atoms with van der Waals surface area (Å²) in [5, 5.41) is 10.1. The number of aliphatic hydroxyl groups is 1. The largest absolute Gasteiger partial charge is 0.394 e. The van der Waals surface area contributed by atoms with Crippen LogP contribution in [-0.2, 0) is 9.53 Å². The number of ether oxygens (including phenoxy) is 1. The van der Waals surface area contributed by atoms with Crippen LogP contribution < -0.4 is 4.90 Å². The van der Waals surface area contributed by atoms with Gasteiger partial charge < -0.3 is 19.6 Å². The summed E-state index contributed by atoms with van der Waals surface area (Å²) in [6.45, 7) is 1.51. The lowest BCUT2D eigenvalue weighted by Gasteiger charge is -2.59. The second kappa shape index (κ2) is 7.81. The van der Waals surface area contributed by atoms with E-state index < -0.39 is 0 Å². The van der Waals surface area contributed by atoms with Crippen LogP contribution in [-0.4, -0.2) is 65.3 Å². The molecule has 0 saturated carbocycles. The first-order chi connectivity index (χ1) is 14.7. The van der Waals surface area contributed by atoms with Gasteiger partial charge in [-0.15, -0.1) is 0 Å². The molecule has 7 nitrogen and oxygen atoms in total. The van der Waals surface area contributed by atoms with Crippen LogP contribution in [0.4, 0.5) is 5.69 Å². The van der Waals surface area contributed by atoms with Crippen molar-refractivity contribution in [3.05, 3.63) is 59.9 Å². The number of carbonyl (C=O) groups is 2. The molecule has 1 aromatic carbocycles. The molecule has 0 radical (unpaired) electrons. The Bertz CT molecular complexity index is 944. The number of hydrogen-bond donors (Lipinski definition) is 1. The molecule has 7 heteroatoms. The van der Waals surface area contributed by atoms with Gasteiger partial charge in [-0.25, -0.2) is 0 Å². The van der Waals surface area contributed by atoms with Crippen molar-refractivity contribution in [1.29, 1.82) is 0 Å². The molecule has 2 amide bonds. The summed E-state index contributed by atoms with van der Waals surface area (Å²) in [4.78, 5) is 34.4. The SMILES string of the molecule is O=C(c1ccccn1)N1C[C@H]2[C@@H](c3ccccc31)[C@@H](CO)N2C(=O)C1CCOCC1. The van der Waals surface area contributed by atoms with Crippen molar-refractivity contribution in [3.8, 4) is 0 Å². The molecule has 0 bridgehead atoms. The Kier molecular flexibility index (Phi) is 5.00. The Morgan fingerprint density at radius 3 is 2.60 bits per heavy atom. The second-order valence-corrected chi connectivity index (χ2v) is 8.16. The van der Waals surface area contributed by atoms with Crippen LogP contribution in [0, 0.1) is 5.92 Å². The van der Waals surface area contributed by atoms with E-state index in [1.165, 1.54) is 0 Å². The average Bonchev–Trinajstić information content (AvgIpc) is 2.80. The molecule has 30 heavy (non-hydrogen) atoms. The number of para-hydroxylation sites is 1. The van der Waals surface area contributed by atoms with E-state index >= 15 is 0 Å². The predicted octanol–water partition coefficient (Wildman–Crippen LogP) is 1.82. The van der Waals surface area contributed by atoms with E-state index in [4.69, 9.17) is 4.74 Å². The quantitative estimate of drug-likeness (QED) is 0.839. The van der Waals surface area contributed by atoms with Crippen molar-refractivity contribution < 1.29 is 19.4 Å². The highest BCUT2D eigenvalue weighted by Crippen LogP contribution is 2.49. The summed E-state index contributed by atoms with van der Waals surface area (Å²) >= 11 is 0. The highest BCUT2D eigenvalue weighted by Gasteiger charge is 2.56. The van der Waals surface area contributed by atoms with Gasteiger partial charge >= 0.3 is 0 Å². The van der Waals surface area contributed by atoms with Gasteiger partial charge in [-0.2, -0.15) is 0 Å². The maximum absolute atomic E-state index is 13.3. The number of carbonyl (C=O) groups excluding carboxylic acids is 2. The summed E-state index contributed by atoms with van der Waals surface area (Å²) in [6, 6.07) is 12.7. The fourth-order valence-corrected chi connectivity index (χ4v) is 5.17. The Labute approximate surface area is 175 Å². The van der Waals surface area contributed by atoms with E-state index in [1.807, 2.05) is 29.2 Å². The summed E-state index contributed by atoms with van der Waals surface area (Å²) in [7, 11) is 0. The number of aromatic nitrogens is 1. The zero-order valence-electron chi connectivity index (χ0n) is 16.7. The van der Waals surface area contributed by atoms with Gasteiger partial charge in [0.25, 0.3) is 5.91 Å². The van der Waals surface area contributed by atoms with Gasteiger partial charge in [0.1, 0.15) is 5.69 Å². The summed E-state index contributed by atoms with van der Waals surface area (Å²) in [6.07, 6.45) is 3.02. The predicted molar refractivity (Wildman–Crippen MR) is 110 cm³/mol. The topological polar surface area (TPSA) is 83.0 Å². The first kappa shape index (κ1) is 19.2. The van der Waals surface area contributed by atoms with Crippen LogP contribution in [0.15, 0.2) is 48.7 Å². The molecule has 2 fully saturated rings. The number of likely N-dealkylation sites (tertiary alicyclic amines) is 1. The lowest BCUT2D eigenvalue weighted by atomic mass is 9.71. The summed E-state index contributed by atoms with van der Waals surface area (Å²) < 4.78 is 5.41. The van der Waals surface area contributed by atoms with Crippen molar-refractivity contribution in [2.75, 3.05) is 31.3 Å². The third-order valence-corrected chi connectivity index (χ3v) is 6.64. The van der Waals surface area contributed by atoms with Gasteiger partial charge in [0.05, 0.1) is 18.7 Å². The van der Waals surface area contributed by atoms with Crippen molar-refractivity contribution in [2.24, 2.45) is 5.92 Å². The zero-order valence-corrected chi connectivity index (χ0v) is 16.7. The number of hydrogen-bond acceptors (Lipinski definition) is 5. The third kappa shape index (κ3) is 3.00. The fourth-order valence-electron chi connectivity index (χ4n) is 5.17. The molecule has 4 heterocycles. The summed E-state index contributed by atoms with van der Waals surface area (Å²) in [5.74, 6) is -0.149. The lowest BCUT2D eigenvalue weighted by molar-refractivity contribution is -0.157. The monoisotopic (exact) mass is 407 g/mol. The minimum atomic E-state index is -0.251. The molecular weight excluding hydrogens is 382 g/mol. The molecule has 0 unspecified atom stereocenters. The van der Waals surface area contributed by atoms with Gasteiger partial charge in [-0.1, -0.05) is 24.3 Å². The van der Waals surface area contributed by atoms with Crippen LogP contribution in [0.25, 0.3) is 0 Å². The van der Waals surface area contributed by atoms with E-state index in [9.17, 15) is 14.7 Å². The van der Waals surface area contributed by atoms with Crippen LogP contribution in [0.3, 0.4) is 0 Å². The Hall–Kier alpha value is -2.77. The first-order valence-electron chi connectivity index (χ1n) is 10.5. The van der Waals surface area contributed by atoms with Crippen molar-refractivity contribution in [2.45, 2.75) is 30.8 Å². The summed E-state index contributed by atoms with van der Waals surface area (Å²) in [5.41, 5.74) is 2.23. The molecule has 3 atom stereocenters. The number of aliphatic hydroxyl groups excluding tert-OH is 1. The first-order valence-corrected chi connectivity index (χ1v) is 10.5. The van der Waals surface area contributed by atoms with E-state index in [0.717, 1.165) is 11.3 Å². The van der Waals surface area contributed by atoms with Crippen molar-refractivity contribution >= 4 is 17.5 Å². The van der Waals surface area contributed by atoms with E-state index in [0.29, 0.717) is 38.3 Å². The number of benzene rings is 1. The van der Waals surface area contributed by atoms with Crippen LogP contribution >= 0.6 is 0 Å². The van der Waals surface area contributed by atoms with Crippen LogP contribution in [0.2, 0.25) is 0 Å². The molecule has 1 aromatic heterocycles. The maximum Gasteiger partial charge on any atom is 0.276 e. The van der Waals surface area contributed by atoms with Crippen molar-refractivity contribution in [1.82, 2.24) is 9.88 Å². The molecule has 0 aliphatic carbocycles. The number of amides is 2. The molecular formula is C23H25N3O4. The molecule has 5 rings (SSSR count). The van der Waals surface area contributed by atoms with E-state index in [-0.39, 0.29) is 42.3 Å². The zero-order chi connectivity index (χ0) is 20.7. The van der Waals surface area contributed by atoms with E-state index in [1.54, 1.807) is 29.3 Å². The highest BCUT2D eigenvalue weighted by molar-refractivity contribution is 6.06. The highest BCUT2D eigenvalue weighted by atomic mass is 16.5. The Morgan fingerprint density at radius 2 is 1.87 bits per heavy atom. The lowest BCUT2D eigenvalue weighted by Crippen LogP contribution is -2.71. The molecule has 2 aromatic rings. The molecule has 3 aliphatic heterocycles. The number of nitrogens with zero attached hydrogens (tertiary/aromatic N) is 3. The van der Waals surface area contributed by atoms with Gasteiger partial charge in [0.15, 0.2) is 0 Å².